The third kappa shape index (κ3) is 7.71. The Bertz CT molecular complexity index is 438. The van der Waals surface area contributed by atoms with Crippen LogP contribution in [0.5, 0.6) is 0 Å². The van der Waals surface area contributed by atoms with Gasteiger partial charge in [0.1, 0.15) is 0 Å². The number of hydrogen-bond acceptors (Lipinski definition) is 3. The van der Waals surface area contributed by atoms with Crippen LogP contribution in [0.15, 0.2) is 24.3 Å². The van der Waals surface area contributed by atoms with Crippen LogP contribution in [0.1, 0.15) is 56.8 Å². The molecule has 1 aromatic rings. The van der Waals surface area contributed by atoms with Crippen LogP contribution in [0, 0.1) is 0 Å². The number of benzene rings is 1. The van der Waals surface area contributed by atoms with Crippen molar-refractivity contribution in [3.05, 3.63) is 29.8 Å². The van der Waals surface area contributed by atoms with Gasteiger partial charge in [0.25, 0.3) is 5.91 Å². The van der Waals surface area contributed by atoms with Crippen LogP contribution in [-0.4, -0.2) is 24.5 Å². The molecule has 1 amide bonds. The van der Waals surface area contributed by atoms with Crippen LogP contribution >= 0.6 is 0 Å². The lowest BCUT2D eigenvalue weighted by Gasteiger charge is -2.22. The van der Waals surface area contributed by atoms with Crippen molar-refractivity contribution in [2.45, 2.75) is 52.0 Å². The van der Waals surface area contributed by atoms with E-state index >= 15 is 0 Å². The van der Waals surface area contributed by atoms with Crippen molar-refractivity contribution in [3.63, 3.8) is 0 Å². The monoisotopic (exact) mass is 291 g/mol. The molecule has 4 heteroatoms. The van der Waals surface area contributed by atoms with Crippen molar-refractivity contribution in [1.82, 2.24) is 5.32 Å². The zero-order chi connectivity index (χ0) is 15.7. The summed E-state index contributed by atoms with van der Waals surface area (Å²) >= 11 is 0. The third-order valence-corrected chi connectivity index (χ3v) is 3.06. The molecule has 4 nitrogen and oxygen atoms in total. The van der Waals surface area contributed by atoms with Gasteiger partial charge < -0.3 is 16.4 Å². The van der Waals surface area contributed by atoms with Crippen LogP contribution in [0.3, 0.4) is 0 Å². The molecular weight excluding hydrogens is 262 g/mol. The summed E-state index contributed by atoms with van der Waals surface area (Å²) in [5.74, 6) is -0.00798. The topological polar surface area (TPSA) is 67.2 Å². The summed E-state index contributed by atoms with van der Waals surface area (Å²) < 4.78 is 0. The normalized spacial score (nSPS) is 11.2. The van der Waals surface area contributed by atoms with Crippen molar-refractivity contribution < 1.29 is 4.79 Å². The molecule has 0 spiro atoms. The van der Waals surface area contributed by atoms with Gasteiger partial charge in [-0.25, -0.2) is 0 Å². The van der Waals surface area contributed by atoms with Gasteiger partial charge in [0.15, 0.2) is 0 Å². The molecule has 0 saturated heterocycles. The van der Waals surface area contributed by atoms with E-state index in [1.807, 2.05) is 24.3 Å². The molecule has 118 valence electrons. The SMILES string of the molecule is CC(C)(C)Nc1cccc(C(=O)NCCCCCCN)c1. The average molecular weight is 291 g/mol. The molecule has 0 radical (unpaired) electrons. The maximum atomic E-state index is 12.1. The highest BCUT2D eigenvalue weighted by atomic mass is 16.1. The Hall–Kier alpha value is -1.55. The molecule has 0 aliphatic rings. The highest BCUT2D eigenvalue weighted by Gasteiger charge is 2.11. The molecule has 1 rings (SSSR count). The van der Waals surface area contributed by atoms with E-state index in [9.17, 15) is 4.79 Å². The predicted molar refractivity (Wildman–Crippen MR) is 89.7 cm³/mol. The maximum absolute atomic E-state index is 12.1. The van der Waals surface area contributed by atoms with Gasteiger partial charge in [0, 0.05) is 23.3 Å². The zero-order valence-corrected chi connectivity index (χ0v) is 13.5. The van der Waals surface area contributed by atoms with E-state index in [4.69, 9.17) is 5.73 Å². The summed E-state index contributed by atoms with van der Waals surface area (Å²) in [5, 5.41) is 6.34. The molecule has 0 bridgehead atoms. The number of hydrogen-bond donors (Lipinski definition) is 3. The minimum absolute atomic E-state index is 0.00798. The predicted octanol–water partition coefficient (Wildman–Crippen LogP) is 3.15. The molecule has 0 aromatic heterocycles. The second kappa shape index (κ2) is 8.67. The first-order chi connectivity index (χ1) is 9.92. The Morgan fingerprint density at radius 3 is 2.52 bits per heavy atom. The largest absolute Gasteiger partial charge is 0.380 e. The summed E-state index contributed by atoms with van der Waals surface area (Å²) in [7, 11) is 0. The summed E-state index contributed by atoms with van der Waals surface area (Å²) in [6, 6.07) is 7.63. The maximum Gasteiger partial charge on any atom is 0.251 e. The second-order valence-electron chi connectivity index (χ2n) is 6.41. The number of carbonyl (C=O) groups excluding carboxylic acids is 1. The Morgan fingerprint density at radius 2 is 1.86 bits per heavy atom. The van der Waals surface area contributed by atoms with E-state index in [1.165, 1.54) is 0 Å². The first kappa shape index (κ1) is 17.5. The standard InChI is InChI=1S/C17H29N3O/c1-17(2,3)20-15-10-8-9-14(13-15)16(21)19-12-7-5-4-6-11-18/h8-10,13,20H,4-7,11-12,18H2,1-3H3,(H,19,21). The molecule has 0 heterocycles. The van der Waals surface area contributed by atoms with Gasteiger partial charge in [0.2, 0.25) is 0 Å². The molecule has 1 aromatic carbocycles. The van der Waals surface area contributed by atoms with E-state index in [-0.39, 0.29) is 11.4 Å². The van der Waals surface area contributed by atoms with E-state index < -0.39 is 0 Å². The summed E-state index contributed by atoms with van der Waals surface area (Å²) in [6.45, 7) is 7.77. The van der Waals surface area contributed by atoms with Gasteiger partial charge in [-0.05, 0) is 58.4 Å². The van der Waals surface area contributed by atoms with Crippen molar-refractivity contribution in [1.29, 1.82) is 0 Å². The van der Waals surface area contributed by atoms with E-state index in [1.54, 1.807) is 0 Å². The molecular formula is C17H29N3O. The number of anilines is 1. The Balaban J connectivity index is 2.42. The van der Waals surface area contributed by atoms with Crippen LogP contribution in [0.2, 0.25) is 0 Å². The lowest BCUT2D eigenvalue weighted by molar-refractivity contribution is 0.0953. The fourth-order valence-electron chi connectivity index (χ4n) is 2.10. The molecule has 21 heavy (non-hydrogen) atoms. The molecule has 0 unspecified atom stereocenters. The highest BCUT2D eigenvalue weighted by Crippen LogP contribution is 2.16. The Labute approximate surface area is 128 Å². The highest BCUT2D eigenvalue weighted by molar-refractivity contribution is 5.95. The van der Waals surface area contributed by atoms with Crippen LogP contribution in [0.4, 0.5) is 5.69 Å². The Kier molecular flexibility index (Phi) is 7.23. The third-order valence-electron chi connectivity index (χ3n) is 3.06. The number of unbranched alkanes of at least 4 members (excludes halogenated alkanes) is 3. The number of nitrogens with two attached hydrogens (primary N) is 1. The zero-order valence-electron chi connectivity index (χ0n) is 13.5. The summed E-state index contributed by atoms with van der Waals surface area (Å²) in [6.07, 6.45) is 4.32. The second-order valence-corrected chi connectivity index (χ2v) is 6.41. The average Bonchev–Trinajstić information content (AvgIpc) is 2.41. The number of nitrogens with one attached hydrogen (secondary N) is 2. The lowest BCUT2D eigenvalue weighted by atomic mass is 10.1. The number of rotatable bonds is 8. The van der Waals surface area contributed by atoms with Crippen LogP contribution in [0.25, 0.3) is 0 Å². The molecule has 0 saturated carbocycles. The van der Waals surface area contributed by atoms with E-state index in [2.05, 4.69) is 31.4 Å². The fraction of sp³-hybridized carbons (Fsp3) is 0.588. The van der Waals surface area contributed by atoms with E-state index in [0.717, 1.165) is 44.5 Å². The van der Waals surface area contributed by atoms with Crippen molar-refractivity contribution in [3.8, 4) is 0 Å². The van der Waals surface area contributed by atoms with Gasteiger partial charge in [-0.2, -0.15) is 0 Å². The Morgan fingerprint density at radius 1 is 1.14 bits per heavy atom. The van der Waals surface area contributed by atoms with Gasteiger partial charge in [-0.3, -0.25) is 4.79 Å². The van der Waals surface area contributed by atoms with Gasteiger partial charge in [0.05, 0.1) is 0 Å². The smallest absolute Gasteiger partial charge is 0.251 e. The van der Waals surface area contributed by atoms with Crippen molar-refractivity contribution >= 4 is 11.6 Å². The minimum Gasteiger partial charge on any atom is -0.380 e. The number of amides is 1. The molecule has 0 aliphatic carbocycles. The molecule has 0 aliphatic heterocycles. The van der Waals surface area contributed by atoms with Crippen molar-refractivity contribution in [2.24, 2.45) is 5.73 Å². The summed E-state index contributed by atoms with van der Waals surface area (Å²) in [5.41, 5.74) is 7.10. The summed E-state index contributed by atoms with van der Waals surface area (Å²) in [4.78, 5) is 12.1. The minimum atomic E-state index is -0.0158. The fourth-order valence-corrected chi connectivity index (χ4v) is 2.10. The van der Waals surface area contributed by atoms with E-state index in [0.29, 0.717) is 5.56 Å². The molecule has 4 N–H and O–H groups in total. The molecule has 0 fully saturated rings. The number of carbonyl (C=O) groups is 1. The van der Waals surface area contributed by atoms with Crippen LogP contribution < -0.4 is 16.4 Å². The lowest BCUT2D eigenvalue weighted by Crippen LogP contribution is -2.27. The molecule has 0 atom stereocenters. The first-order valence-electron chi connectivity index (χ1n) is 7.79. The van der Waals surface area contributed by atoms with Gasteiger partial charge in [-0.15, -0.1) is 0 Å². The quantitative estimate of drug-likeness (QED) is 0.645. The van der Waals surface area contributed by atoms with Gasteiger partial charge in [-0.1, -0.05) is 18.9 Å². The van der Waals surface area contributed by atoms with Gasteiger partial charge >= 0.3 is 0 Å². The van der Waals surface area contributed by atoms with Crippen molar-refractivity contribution in [2.75, 3.05) is 18.4 Å². The van der Waals surface area contributed by atoms with Crippen LogP contribution in [-0.2, 0) is 0 Å². The first-order valence-corrected chi connectivity index (χ1v) is 7.79.